The first kappa shape index (κ1) is 13.5. The van der Waals surface area contributed by atoms with Gasteiger partial charge >= 0.3 is 35.5 Å². The quantitative estimate of drug-likeness (QED) is 0.415. The molecule has 0 aliphatic rings. The van der Waals surface area contributed by atoms with E-state index in [2.05, 4.69) is 0 Å². The van der Waals surface area contributed by atoms with E-state index in [0.29, 0.717) is 6.61 Å². The number of rotatable bonds is 3. The number of benzene rings is 1. The van der Waals surface area contributed by atoms with Gasteiger partial charge in [0.2, 0.25) is 0 Å². The topological polar surface area (TPSA) is 49.4 Å². The first-order valence-electron chi connectivity index (χ1n) is 4.14. The summed E-state index contributed by atoms with van der Waals surface area (Å²) in [5.41, 5.74) is 0.804. The number of esters is 1. The van der Waals surface area contributed by atoms with Crippen LogP contribution in [0.25, 0.3) is 0 Å². The van der Waals surface area contributed by atoms with Crippen molar-refractivity contribution in [1.29, 1.82) is 0 Å². The Hall–Kier alpha value is -0.510. The fourth-order valence-corrected chi connectivity index (χ4v) is 0.986. The molecule has 0 atom stereocenters. The van der Waals surface area contributed by atoms with Gasteiger partial charge in [0.1, 0.15) is 0 Å². The molecule has 0 spiro atoms. The normalized spacial score (nSPS) is 8.93. The van der Waals surface area contributed by atoms with Crippen LogP contribution in [0.3, 0.4) is 0 Å². The molecule has 1 aromatic rings. The van der Waals surface area contributed by atoms with E-state index >= 15 is 0 Å². The molecular weight excluding hydrogens is 191 g/mol. The largest absolute Gasteiger partial charge is 1.00 e. The van der Waals surface area contributed by atoms with Gasteiger partial charge in [-0.25, -0.2) is 0 Å². The number of carbonyl (C=O) groups is 1. The maximum Gasteiger partial charge on any atom is 1.00 e. The second-order valence-electron chi connectivity index (χ2n) is 2.63. The van der Waals surface area contributed by atoms with Crippen LogP contribution in [0, 0.1) is 0 Å². The summed E-state index contributed by atoms with van der Waals surface area (Å²) in [5, 5.41) is 10.7. The zero-order valence-electron chi connectivity index (χ0n) is 8.45. The van der Waals surface area contributed by atoms with Gasteiger partial charge in [-0.1, -0.05) is 24.3 Å². The van der Waals surface area contributed by atoms with Crippen LogP contribution in [0.1, 0.15) is 12.5 Å². The van der Waals surface area contributed by atoms with Gasteiger partial charge in [0, 0.05) is 0 Å². The zero-order valence-corrected chi connectivity index (χ0v) is 10.4. The van der Waals surface area contributed by atoms with E-state index in [4.69, 9.17) is 4.74 Å². The zero-order chi connectivity index (χ0) is 9.68. The summed E-state index contributed by atoms with van der Waals surface area (Å²) in [5.74, 6) is -0.311. The average Bonchev–Trinajstić information content (AvgIpc) is 2.09. The third kappa shape index (κ3) is 4.65. The minimum absolute atomic E-state index is 0. The van der Waals surface area contributed by atoms with Crippen LogP contribution in [0.4, 0.5) is 0 Å². The standard InChI is InChI=1S/C10H12O3.Na/c1-2-13-10(12)7-8-3-5-9(11)6-4-8;/h3-6,11H,2,7H2,1H3;/q;+1/p-1. The molecule has 0 radical (unpaired) electrons. The van der Waals surface area contributed by atoms with E-state index in [9.17, 15) is 9.90 Å². The Kier molecular flexibility index (Phi) is 6.62. The van der Waals surface area contributed by atoms with Gasteiger partial charge in [0.25, 0.3) is 0 Å². The molecule has 0 bridgehead atoms. The Bertz CT molecular complexity index is 282. The van der Waals surface area contributed by atoms with E-state index in [1.54, 1.807) is 19.1 Å². The Balaban J connectivity index is 0.00000169. The maximum atomic E-state index is 11.0. The fraction of sp³-hybridized carbons (Fsp3) is 0.300. The average molecular weight is 202 g/mol. The number of carbonyl (C=O) groups excluding carboxylic acids is 1. The molecule has 0 aromatic heterocycles. The molecule has 0 saturated carbocycles. The smallest absolute Gasteiger partial charge is 0.872 e. The summed E-state index contributed by atoms with van der Waals surface area (Å²) in [4.78, 5) is 11.0. The molecule has 0 aliphatic heterocycles. The van der Waals surface area contributed by atoms with Crippen molar-refractivity contribution < 1.29 is 44.2 Å². The van der Waals surface area contributed by atoms with E-state index in [0.717, 1.165) is 5.56 Å². The molecule has 1 aromatic carbocycles. The number of ether oxygens (including phenoxy) is 1. The molecule has 4 heteroatoms. The first-order valence-corrected chi connectivity index (χ1v) is 4.14. The molecule has 0 saturated heterocycles. The summed E-state index contributed by atoms with van der Waals surface area (Å²) in [7, 11) is 0. The van der Waals surface area contributed by atoms with Crippen LogP contribution in [-0.2, 0) is 16.0 Å². The monoisotopic (exact) mass is 202 g/mol. The minimum Gasteiger partial charge on any atom is -0.872 e. The molecule has 1 rings (SSSR count). The Morgan fingerprint density at radius 1 is 1.36 bits per heavy atom. The molecule has 0 fully saturated rings. The van der Waals surface area contributed by atoms with Crippen molar-refractivity contribution in [1.82, 2.24) is 0 Å². The van der Waals surface area contributed by atoms with Gasteiger partial charge in [-0.2, -0.15) is 0 Å². The van der Waals surface area contributed by atoms with Crippen LogP contribution in [-0.4, -0.2) is 12.6 Å². The molecule has 0 aliphatic carbocycles. The summed E-state index contributed by atoms with van der Waals surface area (Å²) in [6.45, 7) is 2.15. The summed E-state index contributed by atoms with van der Waals surface area (Å²) in [6, 6.07) is 6.15. The van der Waals surface area contributed by atoms with Gasteiger partial charge in [-0.15, -0.1) is 5.75 Å². The maximum absolute atomic E-state index is 11.0. The van der Waals surface area contributed by atoms with E-state index in [1.807, 2.05) is 0 Å². The van der Waals surface area contributed by atoms with Crippen LogP contribution in [0.2, 0.25) is 0 Å². The van der Waals surface area contributed by atoms with Crippen molar-refractivity contribution in [2.45, 2.75) is 13.3 Å². The SMILES string of the molecule is CCOC(=O)Cc1ccc([O-])cc1.[Na+]. The minimum atomic E-state index is -0.263. The molecule has 14 heavy (non-hydrogen) atoms. The fourth-order valence-electron chi connectivity index (χ4n) is 0.986. The molecule has 0 heterocycles. The van der Waals surface area contributed by atoms with Crippen molar-refractivity contribution in [3.05, 3.63) is 29.8 Å². The third-order valence-electron chi connectivity index (χ3n) is 1.58. The van der Waals surface area contributed by atoms with Crippen molar-refractivity contribution in [2.75, 3.05) is 6.61 Å². The summed E-state index contributed by atoms with van der Waals surface area (Å²) >= 11 is 0. The summed E-state index contributed by atoms with van der Waals surface area (Å²) in [6.07, 6.45) is 0.230. The van der Waals surface area contributed by atoms with Gasteiger partial charge in [0.05, 0.1) is 13.0 Å². The Morgan fingerprint density at radius 3 is 2.43 bits per heavy atom. The molecular formula is C10H11NaO3. The molecule has 3 nitrogen and oxygen atoms in total. The van der Waals surface area contributed by atoms with Gasteiger partial charge < -0.3 is 9.84 Å². The molecule has 0 unspecified atom stereocenters. The van der Waals surface area contributed by atoms with Gasteiger partial charge in [-0.3, -0.25) is 4.79 Å². The van der Waals surface area contributed by atoms with E-state index in [-0.39, 0.29) is 47.7 Å². The molecule has 70 valence electrons. The van der Waals surface area contributed by atoms with Crippen LogP contribution >= 0.6 is 0 Å². The second-order valence-corrected chi connectivity index (χ2v) is 2.63. The number of hydrogen-bond donors (Lipinski definition) is 0. The number of hydrogen-bond acceptors (Lipinski definition) is 3. The van der Waals surface area contributed by atoms with Crippen LogP contribution in [0.15, 0.2) is 24.3 Å². The second kappa shape index (κ2) is 6.87. The van der Waals surface area contributed by atoms with Gasteiger partial charge in [0.15, 0.2) is 0 Å². The predicted octanol–water partition coefficient (Wildman–Crippen LogP) is -2.13. The van der Waals surface area contributed by atoms with Crippen molar-refractivity contribution in [3.8, 4) is 5.75 Å². The third-order valence-corrected chi connectivity index (χ3v) is 1.58. The van der Waals surface area contributed by atoms with E-state index in [1.165, 1.54) is 12.1 Å². The molecule has 0 N–H and O–H groups in total. The first-order chi connectivity index (χ1) is 6.22. The van der Waals surface area contributed by atoms with Crippen molar-refractivity contribution in [2.24, 2.45) is 0 Å². The predicted molar refractivity (Wildman–Crippen MR) is 46.2 cm³/mol. The van der Waals surface area contributed by atoms with Crippen molar-refractivity contribution >= 4 is 5.97 Å². The van der Waals surface area contributed by atoms with Crippen LogP contribution in [0.5, 0.6) is 5.75 Å². The van der Waals surface area contributed by atoms with Crippen molar-refractivity contribution in [3.63, 3.8) is 0 Å². The van der Waals surface area contributed by atoms with Gasteiger partial charge in [-0.05, 0) is 12.5 Å². The molecule has 0 amide bonds. The van der Waals surface area contributed by atoms with Crippen LogP contribution < -0.4 is 34.7 Å². The van der Waals surface area contributed by atoms with E-state index < -0.39 is 0 Å². The summed E-state index contributed by atoms with van der Waals surface area (Å²) < 4.78 is 4.76. The Morgan fingerprint density at radius 2 is 1.93 bits per heavy atom. The Labute approximate surface area is 105 Å².